The van der Waals surface area contributed by atoms with Gasteiger partial charge >= 0.3 is 0 Å². The molecule has 2 aromatic heterocycles. The molecule has 0 atom stereocenters. The maximum Gasteiger partial charge on any atom is 0.128 e. The zero-order valence-electron chi connectivity index (χ0n) is 15.0. The second-order valence-electron chi connectivity index (χ2n) is 6.22. The molecule has 2 heterocycles. The number of hydrogen-bond donors (Lipinski definition) is 1. The third-order valence-electron chi connectivity index (χ3n) is 4.15. The monoisotopic (exact) mass is 338 g/mol. The van der Waals surface area contributed by atoms with Crippen molar-refractivity contribution in [3.05, 3.63) is 51.3 Å². The molecule has 1 aromatic carbocycles. The molecular formula is C19H22N4S. The molecule has 0 radical (unpaired) electrons. The molecule has 0 aliphatic rings. The Bertz CT molecular complexity index is 954. The average Bonchev–Trinajstić information content (AvgIpc) is 2.84. The smallest absolute Gasteiger partial charge is 0.128 e. The van der Waals surface area contributed by atoms with Crippen molar-refractivity contribution >= 4 is 33.0 Å². The standard InChI is InChI=1S/C19H22N4S/c1-10-7-8-11(2)16(9-10)23-22-14(5)18-12(3)17-13(4)20-15(6)21-19(17)24-18/h7-9,23H,1-6H3/b22-14-. The minimum atomic E-state index is 0.816. The van der Waals surface area contributed by atoms with Gasteiger partial charge in [0.1, 0.15) is 10.7 Å². The van der Waals surface area contributed by atoms with E-state index in [0.29, 0.717) is 0 Å². The summed E-state index contributed by atoms with van der Waals surface area (Å²) in [5.74, 6) is 0.816. The van der Waals surface area contributed by atoms with Gasteiger partial charge in [0.05, 0.1) is 16.3 Å². The first-order valence-corrected chi connectivity index (χ1v) is 8.80. The van der Waals surface area contributed by atoms with E-state index in [1.165, 1.54) is 16.7 Å². The van der Waals surface area contributed by atoms with Gasteiger partial charge in [-0.25, -0.2) is 9.97 Å². The highest BCUT2D eigenvalue weighted by Gasteiger charge is 2.15. The number of nitrogens with zero attached hydrogens (tertiary/aromatic N) is 3. The summed E-state index contributed by atoms with van der Waals surface area (Å²) in [5, 5.41) is 5.76. The minimum Gasteiger partial charge on any atom is -0.278 e. The largest absolute Gasteiger partial charge is 0.278 e. The van der Waals surface area contributed by atoms with Crippen molar-refractivity contribution in [3.63, 3.8) is 0 Å². The zero-order valence-corrected chi connectivity index (χ0v) is 15.8. The summed E-state index contributed by atoms with van der Waals surface area (Å²) < 4.78 is 0. The molecule has 0 fully saturated rings. The molecule has 4 nitrogen and oxygen atoms in total. The van der Waals surface area contributed by atoms with Crippen LogP contribution in [0.15, 0.2) is 23.3 Å². The van der Waals surface area contributed by atoms with Gasteiger partial charge in [0.25, 0.3) is 0 Å². The maximum atomic E-state index is 4.60. The maximum absolute atomic E-state index is 4.60. The van der Waals surface area contributed by atoms with E-state index in [0.717, 1.165) is 38.0 Å². The van der Waals surface area contributed by atoms with Gasteiger partial charge in [-0.2, -0.15) is 5.10 Å². The number of aromatic nitrogens is 2. The van der Waals surface area contributed by atoms with Crippen molar-refractivity contribution in [2.75, 3.05) is 5.43 Å². The number of benzene rings is 1. The van der Waals surface area contributed by atoms with E-state index in [1.807, 2.05) is 20.8 Å². The summed E-state index contributed by atoms with van der Waals surface area (Å²) in [5.41, 5.74) is 9.86. The molecule has 5 heteroatoms. The predicted octanol–water partition coefficient (Wildman–Crippen LogP) is 5.07. The van der Waals surface area contributed by atoms with E-state index >= 15 is 0 Å². The normalized spacial score (nSPS) is 12.0. The van der Waals surface area contributed by atoms with Gasteiger partial charge in [0.15, 0.2) is 0 Å². The summed E-state index contributed by atoms with van der Waals surface area (Å²) in [7, 11) is 0. The van der Waals surface area contributed by atoms with Crippen LogP contribution in [0.25, 0.3) is 10.2 Å². The number of hydrogen-bond acceptors (Lipinski definition) is 5. The van der Waals surface area contributed by atoms with Crippen LogP contribution in [0.2, 0.25) is 0 Å². The van der Waals surface area contributed by atoms with Gasteiger partial charge in [0, 0.05) is 11.1 Å². The van der Waals surface area contributed by atoms with Crippen LogP contribution in [0.1, 0.15) is 40.0 Å². The van der Waals surface area contributed by atoms with E-state index in [4.69, 9.17) is 0 Å². The number of rotatable bonds is 3. The van der Waals surface area contributed by atoms with Gasteiger partial charge in [-0.15, -0.1) is 11.3 Å². The van der Waals surface area contributed by atoms with Crippen molar-refractivity contribution in [1.82, 2.24) is 9.97 Å². The van der Waals surface area contributed by atoms with Crippen LogP contribution in [0.5, 0.6) is 0 Å². The Hall–Kier alpha value is -2.27. The van der Waals surface area contributed by atoms with Crippen molar-refractivity contribution in [3.8, 4) is 0 Å². The van der Waals surface area contributed by atoms with E-state index in [2.05, 4.69) is 59.5 Å². The predicted molar refractivity (Wildman–Crippen MR) is 103 cm³/mol. The molecule has 24 heavy (non-hydrogen) atoms. The number of hydrazone groups is 1. The van der Waals surface area contributed by atoms with Gasteiger partial charge in [0.2, 0.25) is 0 Å². The van der Waals surface area contributed by atoms with Crippen molar-refractivity contribution < 1.29 is 0 Å². The summed E-state index contributed by atoms with van der Waals surface area (Å²) in [6.07, 6.45) is 0. The molecule has 0 aliphatic carbocycles. The lowest BCUT2D eigenvalue weighted by Crippen LogP contribution is -2.00. The molecule has 0 saturated carbocycles. The van der Waals surface area contributed by atoms with Gasteiger partial charge in [-0.1, -0.05) is 12.1 Å². The molecule has 0 amide bonds. The number of nitrogens with one attached hydrogen (secondary N) is 1. The highest BCUT2D eigenvalue weighted by molar-refractivity contribution is 7.20. The van der Waals surface area contributed by atoms with Crippen molar-refractivity contribution in [2.45, 2.75) is 41.5 Å². The molecule has 0 aliphatic heterocycles. The Kier molecular flexibility index (Phi) is 4.37. The fourth-order valence-corrected chi connectivity index (χ4v) is 4.09. The minimum absolute atomic E-state index is 0.816. The highest BCUT2D eigenvalue weighted by Crippen LogP contribution is 2.31. The first kappa shape index (κ1) is 16.6. The summed E-state index contributed by atoms with van der Waals surface area (Å²) in [6, 6.07) is 6.33. The van der Waals surface area contributed by atoms with Crippen molar-refractivity contribution in [2.24, 2.45) is 5.10 Å². The van der Waals surface area contributed by atoms with Crippen LogP contribution in [-0.2, 0) is 0 Å². The number of fused-ring (bicyclic) bond motifs is 1. The Balaban J connectivity index is 1.99. The first-order chi connectivity index (χ1) is 11.4. The molecule has 1 N–H and O–H groups in total. The molecule has 0 saturated heterocycles. The Morgan fingerprint density at radius 1 is 1.08 bits per heavy atom. The molecule has 124 valence electrons. The molecular weight excluding hydrogens is 316 g/mol. The highest BCUT2D eigenvalue weighted by atomic mass is 32.1. The fourth-order valence-electron chi connectivity index (χ4n) is 2.87. The second kappa shape index (κ2) is 6.32. The van der Waals surface area contributed by atoms with Crippen LogP contribution in [0.3, 0.4) is 0 Å². The van der Waals surface area contributed by atoms with E-state index in [-0.39, 0.29) is 0 Å². The van der Waals surface area contributed by atoms with Crippen LogP contribution in [-0.4, -0.2) is 15.7 Å². The Morgan fingerprint density at radius 2 is 1.83 bits per heavy atom. The Morgan fingerprint density at radius 3 is 2.58 bits per heavy atom. The quantitative estimate of drug-likeness (QED) is 0.536. The number of anilines is 1. The van der Waals surface area contributed by atoms with E-state index in [9.17, 15) is 0 Å². The van der Waals surface area contributed by atoms with Crippen LogP contribution in [0, 0.1) is 34.6 Å². The second-order valence-corrected chi connectivity index (χ2v) is 7.22. The van der Waals surface area contributed by atoms with Gasteiger partial charge in [-0.05, 0) is 64.3 Å². The molecule has 0 bridgehead atoms. The number of aryl methyl sites for hydroxylation is 5. The third kappa shape index (κ3) is 3.04. The van der Waals surface area contributed by atoms with E-state index < -0.39 is 0 Å². The summed E-state index contributed by atoms with van der Waals surface area (Å²) in [4.78, 5) is 11.3. The molecule has 3 aromatic rings. The zero-order chi connectivity index (χ0) is 17.4. The van der Waals surface area contributed by atoms with Crippen LogP contribution in [0.4, 0.5) is 5.69 Å². The lowest BCUT2D eigenvalue weighted by Gasteiger charge is -2.07. The number of thiophene rings is 1. The molecule has 0 unspecified atom stereocenters. The summed E-state index contributed by atoms with van der Waals surface area (Å²) >= 11 is 1.68. The molecule has 3 rings (SSSR count). The Labute approximate surface area is 146 Å². The van der Waals surface area contributed by atoms with Crippen LogP contribution < -0.4 is 5.43 Å². The van der Waals surface area contributed by atoms with Gasteiger partial charge in [-0.3, -0.25) is 5.43 Å². The van der Waals surface area contributed by atoms with Crippen LogP contribution >= 0.6 is 11.3 Å². The summed E-state index contributed by atoms with van der Waals surface area (Å²) in [6.45, 7) is 12.3. The average molecular weight is 338 g/mol. The van der Waals surface area contributed by atoms with Gasteiger partial charge < -0.3 is 0 Å². The third-order valence-corrected chi connectivity index (χ3v) is 5.44. The fraction of sp³-hybridized carbons (Fsp3) is 0.316. The molecule has 0 spiro atoms. The first-order valence-electron chi connectivity index (χ1n) is 7.99. The SMILES string of the molecule is C/C(=N/Nc1cc(C)ccc1C)c1sc2nc(C)nc(C)c2c1C. The topological polar surface area (TPSA) is 50.2 Å². The lowest BCUT2D eigenvalue weighted by molar-refractivity contribution is 1.05. The van der Waals surface area contributed by atoms with Crippen molar-refractivity contribution in [1.29, 1.82) is 0 Å². The lowest BCUT2D eigenvalue weighted by atomic mass is 10.1. The van der Waals surface area contributed by atoms with E-state index in [1.54, 1.807) is 11.3 Å².